The molecule has 7 aromatic rings. The highest BCUT2D eigenvalue weighted by Gasteiger charge is 2.28. The highest BCUT2D eigenvalue weighted by Crippen LogP contribution is 2.44. The minimum absolute atomic E-state index is 0.0577. The van der Waals surface area contributed by atoms with Gasteiger partial charge in [0.15, 0.2) is 0 Å². The maximum Gasteiger partial charge on any atom is 0.273 e. The zero-order valence-electron chi connectivity index (χ0n) is 54.8. The fourth-order valence-electron chi connectivity index (χ4n) is 12.0. The number of benzene rings is 5. The maximum atomic E-state index is 14.6. The van der Waals surface area contributed by atoms with E-state index in [1.165, 1.54) is 22.9 Å². The average Bonchev–Trinajstić information content (AvgIpc) is 0.804. The fourth-order valence-corrected chi connectivity index (χ4v) is 12.0. The normalized spacial score (nSPS) is 12.8. The number of carbonyl (C=O) groups is 2. The van der Waals surface area contributed by atoms with E-state index in [0.717, 1.165) is 107 Å². The third-order valence-corrected chi connectivity index (χ3v) is 17.6. The molecule has 2 aromatic heterocycles. The van der Waals surface area contributed by atoms with Crippen LogP contribution in [-0.2, 0) is 0 Å². The second-order valence-corrected chi connectivity index (χ2v) is 24.0. The molecule has 15 nitrogen and oxygen atoms in total. The van der Waals surface area contributed by atoms with Crippen molar-refractivity contribution in [3.8, 4) is 45.6 Å². The number of hydrogen-bond donors (Lipinski definition) is 1. The molecular weight excluding hydrogens is 1130 g/mol. The van der Waals surface area contributed by atoms with E-state index in [4.69, 9.17) is 11.7 Å². The summed E-state index contributed by atoms with van der Waals surface area (Å²) in [5.74, 6) is 0.744. The van der Waals surface area contributed by atoms with Gasteiger partial charge in [0.1, 0.15) is 23.0 Å². The summed E-state index contributed by atoms with van der Waals surface area (Å²) in [6.45, 7) is 28.6. The van der Waals surface area contributed by atoms with Crippen molar-refractivity contribution in [3.05, 3.63) is 188 Å². The van der Waals surface area contributed by atoms with Crippen LogP contribution in [-0.4, -0.2) is 62.0 Å². The Balaban J connectivity index is 1.28. The number of azo groups is 2. The van der Waals surface area contributed by atoms with E-state index in [2.05, 4.69) is 81.6 Å². The number of carbonyl (C=O) groups excluding carboxylic acids is 2. The first-order chi connectivity index (χ1) is 44.3. The van der Waals surface area contributed by atoms with Crippen molar-refractivity contribution < 1.29 is 14.7 Å². The number of amides is 2. The largest absolute Gasteiger partial charge is 0.493 e. The molecule has 0 spiro atoms. The van der Waals surface area contributed by atoms with Crippen molar-refractivity contribution in [2.75, 3.05) is 26.2 Å². The minimum Gasteiger partial charge on any atom is -0.493 e. The van der Waals surface area contributed by atoms with E-state index in [0.29, 0.717) is 83.5 Å². The quantitative estimate of drug-likeness (QED) is 0.0309. The summed E-state index contributed by atoms with van der Waals surface area (Å²) in [5, 5.41) is 41.7. The van der Waals surface area contributed by atoms with E-state index in [-0.39, 0.29) is 56.9 Å². The summed E-state index contributed by atoms with van der Waals surface area (Å²) in [4.78, 5) is 66.2. The van der Waals surface area contributed by atoms with Gasteiger partial charge >= 0.3 is 0 Å². The summed E-state index contributed by atoms with van der Waals surface area (Å²) in [6.07, 6.45) is 18.4. The Morgan fingerprint density at radius 3 is 1.36 bits per heavy atom. The third kappa shape index (κ3) is 18.1. The van der Waals surface area contributed by atoms with Gasteiger partial charge in [0.25, 0.3) is 28.6 Å². The van der Waals surface area contributed by atoms with Gasteiger partial charge in [-0.05, 0) is 121 Å². The van der Waals surface area contributed by atoms with Crippen LogP contribution in [0.25, 0.3) is 38.5 Å². The van der Waals surface area contributed by atoms with E-state index in [9.17, 15) is 29.5 Å². The molecule has 0 aliphatic heterocycles. The first-order valence-corrected chi connectivity index (χ1v) is 33.2. The van der Waals surface area contributed by atoms with E-state index in [1.54, 1.807) is 109 Å². The molecule has 0 aliphatic rings. The van der Waals surface area contributed by atoms with Crippen LogP contribution in [0.15, 0.2) is 170 Å². The molecule has 0 aliphatic carbocycles. The molecule has 4 atom stereocenters. The monoisotopic (exact) mass is 1220 g/mol. The molecule has 0 saturated carbocycles. The van der Waals surface area contributed by atoms with Crippen molar-refractivity contribution in [2.45, 2.75) is 158 Å². The zero-order chi connectivity index (χ0) is 65.2. The summed E-state index contributed by atoms with van der Waals surface area (Å²) in [6, 6.07) is 40.1. The Labute approximate surface area is 539 Å². The van der Waals surface area contributed by atoms with Crippen molar-refractivity contribution in [1.82, 2.24) is 18.9 Å². The Hall–Kier alpha value is -9.08. The van der Waals surface area contributed by atoms with Gasteiger partial charge in [-0.3, -0.25) is 28.3 Å². The molecule has 1 N–H and O–H groups in total. The molecular formula is C76H92N10O5. The van der Waals surface area contributed by atoms with Crippen LogP contribution in [0.2, 0.25) is 0 Å². The number of rotatable bonds is 34. The fraction of sp³-hybridized carbons (Fsp3) is 0.421. The predicted molar refractivity (Wildman–Crippen MR) is 367 cm³/mol. The lowest BCUT2D eigenvalue weighted by Gasteiger charge is -2.31. The van der Waals surface area contributed by atoms with Crippen molar-refractivity contribution in [3.63, 3.8) is 0 Å². The van der Waals surface area contributed by atoms with Crippen LogP contribution in [0.3, 0.4) is 0 Å². The number of pyridine rings is 2. The van der Waals surface area contributed by atoms with Crippen LogP contribution in [0.4, 0.5) is 28.4 Å². The van der Waals surface area contributed by atoms with Crippen LogP contribution in [0.5, 0.6) is 5.88 Å². The highest BCUT2D eigenvalue weighted by molar-refractivity contribution is 5.96. The van der Waals surface area contributed by atoms with Gasteiger partial charge in [-0.2, -0.15) is 15.5 Å². The predicted octanol–water partition coefficient (Wildman–Crippen LogP) is 20.0. The summed E-state index contributed by atoms with van der Waals surface area (Å²) in [7, 11) is 0. The lowest BCUT2D eigenvalue weighted by Crippen LogP contribution is -2.39. The molecule has 7 rings (SSSR count). The Morgan fingerprint density at radius 2 is 0.956 bits per heavy atom. The lowest BCUT2D eigenvalue weighted by atomic mass is 9.95. The Bertz CT molecular complexity index is 3750. The number of aromatic hydroxyl groups is 1. The minimum atomic E-state index is -0.828. The molecule has 4 unspecified atom stereocenters. The molecule has 0 radical (unpaired) electrons. The molecule has 2 heterocycles. The first kappa shape index (κ1) is 69.4. The summed E-state index contributed by atoms with van der Waals surface area (Å²) < 4.78 is 2.25. The SMILES string of the molecule is [C-]#[N+]c1c(-c2ccccc2)c(N=Nc2cccc(C(=O)N(CC(CC)CCCC)CC(CC)CCCC)c2)c(O)n(-c2ccc(-n3cc(N=Nc4cccc(C(=O)N(CC(CC)CCCC)CC(CC)CCCC)c4)c(-c4ccccc4)c(C#N)c3=O)cc2)c1=O. The van der Waals surface area contributed by atoms with E-state index < -0.39 is 17.0 Å². The first-order valence-electron chi connectivity index (χ1n) is 33.2. The molecule has 91 heavy (non-hydrogen) atoms. The van der Waals surface area contributed by atoms with Gasteiger partial charge in [0.2, 0.25) is 5.88 Å². The van der Waals surface area contributed by atoms with E-state index in [1.807, 2.05) is 21.9 Å². The van der Waals surface area contributed by atoms with Crippen LogP contribution in [0.1, 0.15) is 184 Å². The maximum absolute atomic E-state index is 14.6. The topological polar surface area (TPSA) is 182 Å². The van der Waals surface area contributed by atoms with E-state index >= 15 is 0 Å². The van der Waals surface area contributed by atoms with Gasteiger partial charge in [-0.1, -0.05) is 205 Å². The smallest absolute Gasteiger partial charge is 0.273 e. The second-order valence-electron chi connectivity index (χ2n) is 24.0. The van der Waals surface area contributed by atoms with Gasteiger partial charge < -0.3 is 14.9 Å². The molecule has 0 bridgehead atoms. The molecule has 0 fully saturated rings. The van der Waals surface area contributed by atoms with Crippen molar-refractivity contribution in [1.29, 1.82) is 5.26 Å². The number of aromatic nitrogens is 2. The van der Waals surface area contributed by atoms with Gasteiger partial charge in [0, 0.05) is 60.3 Å². The Kier molecular flexibility index (Phi) is 27.0. The summed E-state index contributed by atoms with van der Waals surface area (Å²) in [5.41, 5.74) is 1.51. The highest BCUT2D eigenvalue weighted by atomic mass is 16.3. The Morgan fingerprint density at radius 1 is 0.538 bits per heavy atom. The van der Waals surface area contributed by atoms with Crippen molar-refractivity contribution >= 4 is 40.3 Å². The number of nitrogens with zero attached hydrogens (tertiary/aromatic N) is 10. The number of unbranched alkanes of at least 4 members (excludes halogenated alkanes) is 4. The molecule has 15 heteroatoms. The van der Waals surface area contributed by atoms with Crippen LogP contribution < -0.4 is 11.1 Å². The summed E-state index contributed by atoms with van der Waals surface area (Å²) >= 11 is 0. The third-order valence-electron chi connectivity index (χ3n) is 17.6. The lowest BCUT2D eigenvalue weighted by molar-refractivity contribution is 0.0678. The molecule has 476 valence electrons. The molecule has 0 saturated heterocycles. The number of nitriles is 1. The standard InChI is InChI=1S/C76H92N10O5/c1-10-18-30-54(14-5)49-83(50-55(15-6)31-19-11-2)72(87)60-38-28-40-62(46-60)79-81-67-53-85(74(89)66(48-77)68(67)58-34-24-22-25-35-58)64-42-44-65(45-43-64)86-75(90)70(78-9)69(59-36-26-23-27-37-59)71(76(86)91)82-80-63-41-29-39-61(47-63)73(88)84(51-56(16-7)32-20-12-3)52-57(17-8)33-21-13-4/h22-29,34-47,53-57,91H,10-21,30-33,49-52H2,1-8H3. The van der Waals surface area contributed by atoms with Crippen LogP contribution in [0, 0.1) is 41.6 Å². The molecule has 5 aromatic carbocycles. The van der Waals surface area contributed by atoms with Gasteiger partial charge in [0.05, 0.1) is 23.6 Å². The van der Waals surface area contributed by atoms with Gasteiger partial charge in [-0.15, -0.1) is 10.2 Å². The van der Waals surface area contributed by atoms with Gasteiger partial charge in [-0.25, -0.2) is 4.85 Å². The second kappa shape index (κ2) is 35.3. The zero-order valence-corrected chi connectivity index (χ0v) is 54.8. The van der Waals surface area contributed by atoms with Crippen molar-refractivity contribution in [2.24, 2.45) is 44.1 Å². The van der Waals surface area contributed by atoms with Crippen LogP contribution >= 0.6 is 0 Å². The average molecular weight is 1230 g/mol. The number of hydrogen-bond acceptors (Lipinski definition) is 10. The molecule has 2 amide bonds.